The fraction of sp³-hybridized carbons (Fsp3) is 0.462. The van der Waals surface area contributed by atoms with Crippen LogP contribution in [0.15, 0.2) is 35.1 Å². The van der Waals surface area contributed by atoms with Crippen molar-refractivity contribution in [1.29, 1.82) is 0 Å². The van der Waals surface area contributed by atoms with Crippen LogP contribution < -0.4 is 16.0 Å². The molecule has 0 aromatic carbocycles. The van der Waals surface area contributed by atoms with Crippen LogP contribution in [0.25, 0.3) is 0 Å². The van der Waals surface area contributed by atoms with E-state index in [2.05, 4.69) is 10.6 Å². The average Bonchev–Trinajstić information content (AvgIpc) is 2.45. The van der Waals surface area contributed by atoms with Crippen LogP contribution in [0.1, 0.15) is 6.42 Å². The van der Waals surface area contributed by atoms with Gasteiger partial charge in [-0.15, -0.1) is 0 Å². The molecule has 0 spiro atoms. The van der Waals surface area contributed by atoms with Gasteiger partial charge in [-0.25, -0.2) is 13.2 Å². The molecule has 0 radical (unpaired) electrons. The molecule has 2 heterocycles. The molecule has 20 heavy (non-hydrogen) atoms. The quantitative estimate of drug-likeness (QED) is 0.676. The van der Waals surface area contributed by atoms with Crippen molar-refractivity contribution >= 4 is 5.91 Å². The van der Waals surface area contributed by atoms with E-state index in [0.717, 1.165) is 12.1 Å². The minimum Gasteiger partial charge on any atom is -0.348 e. The lowest BCUT2D eigenvalue weighted by Crippen LogP contribution is -2.40. The van der Waals surface area contributed by atoms with Gasteiger partial charge >= 0.3 is 0 Å². The van der Waals surface area contributed by atoms with Crippen LogP contribution in [0, 0.1) is 0 Å². The van der Waals surface area contributed by atoms with Gasteiger partial charge in [0.1, 0.15) is 5.70 Å². The SMILES string of the molecule is O=C(NCC(F)F)C1=CC=C(C2=CCNCC2)C(F)N1. The van der Waals surface area contributed by atoms with E-state index in [0.29, 0.717) is 18.5 Å². The van der Waals surface area contributed by atoms with Crippen molar-refractivity contribution in [2.45, 2.75) is 19.1 Å². The molecule has 3 N–H and O–H groups in total. The van der Waals surface area contributed by atoms with Crippen molar-refractivity contribution < 1.29 is 18.0 Å². The highest BCUT2D eigenvalue weighted by Crippen LogP contribution is 2.23. The van der Waals surface area contributed by atoms with Gasteiger partial charge in [0.25, 0.3) is 12.3 Å². The van der Waals surface area contributed by atoms with E-state index in [4.69, 9.17) is 0 Å². The van der Waals surface area contributed by atoms with Crippen molar-refractivity contribution in [3.05, 3.63) is 35.1 Å². The predicted octanol–water partition coefficient (Wildman–Crippen LogP) is 0.996. The average molecular weight is 287 g/mol. The highest BCUT2D eigenvalue weighted by molar-refractivity contribution is 5.93. The lowest BCUT2D eigenvalue weighted by molar-refractivity contribution is -0.118. The van der Waals surface area contributed by atoms with Gasteiger partial charge < -0.3 is 16.0 Å². The number of hydrogen-bond acceptors (Lipinski definition) is 3. The van der Waals surface area contributed by atoms with Crippen molar-refractivity contribution in [3.8, 4) is 0 Å². The zero-order valence-electron chi connectivity index (χ0n) is 10.8. The fourth-order valence-corrected chi connectivity index (χ4v) is 2.08. The number of carbonyl (C=O) groups excluding carboxylic acids is 1. The lowest BCUT2D eigenvalue weighted by Gasteiger charge is -2.24. The summed E-state index contributed by atoms with van der Waals surface area (Å²) in [5, 5.41) is 7.55. The first kappa shape index (κ1) is 14.6. The number of carbonyl (C=O) groups is 1. The Kier molecular flexibility index (Phi) is 4.84. The van der Waals surface area contributed by atoms with Crippen LogP contribution in [0.5, 0.6) is 0 Å². The molecule has 7 heteroatoms. The summed E-state index contributed by atoms with van der Waals surface area (Å²) < 4.78 is 38.0. The van der Waals surface area contributed by atoms with Gasteiger partial charge in [0.2, 0.25) is 0 Å². The summed E-state index contributed by atoms with van der Waals surface area (Å²) in [6.07, 6.45) is 1.42. The molecule has 0 aromatic heterocycles. The summed E-state index contributed by atoms with van der Waals surface area (Å²) >= 11 is 0. The van der Waals surface area contributed by atoms with Gasteiger partial charge in [-0.1, -0.05) is 12.2 Å². The van der Waals surface area contributed by atoms with Crippen molar-refractivity contribution in [2.24, 2.45) is 0 Å². The number of alkyl halides is 3. The monoisotopic (exact) mass is 287 g/mol. The van der Waals surface area contributed by atoms with E-state index in [-0.39, 0.29) is 5.70 Å². The Balaban J connectivity index is 2.04. The summed E-state index contributed by atoms with van der Waals surface area (Å²) in [5.41, 5.74) is 1.33. The number of nitrogens with one attached hydrogen (secondary N) is 3. The minimum atomic E-state index is -2.63. The fourth-order valence-electron chi connectivity index (χ4n) is 2.08. The summed E-state index contributed by atoms with van der Waals surface area (Å²) in [6.45, 7) is 0.717. The Morgan fingerprint density at radius 2 is 2.25 bits per heavy atom. The molecule has 1 unspecified atom stereocenters. The van der Waals surface area contributed by atoms with E-state index < -0.39 is 25.2 Å². The smallest absolute Gasteiger partial charge is 0.267 e. The van der Waals surface area contributed by atoms with Gasteiger partial charge in [-0.3, -0.25) is 4.79 Å². The minimum absolute atomic E-state index is 0.0450. The molecule has 0 aliphatic carbocycles. The van der Waals surface area contributed by atoms with E-state index in [1.54, 1.807) is 0 Å². The second-order valence-corrected chi connectivity index (χ2v) is 4.49. The second kappa shape index (κ2) is 6.60. The normalized spacial score (nSPS) is 22.6. The van der Waals surface area contributed by atoms with Crippen molar-refractivity contribution in [3.63, 3.8) is 0 Å². The van der Waals surface area contributed by atoms with Gasteiger partial charge in [-0.05, 0) is 24.6 Å². The topological polar surface area (TPSA) is 53.2 Å². The molecule has 0 aromatic rings. The molecule has 2 rings (SSSR count). The van der Waals surface area contributed by atoms with Gasteiger partial charge in [0.05, 0.1) is 6.54 Å². The summed E-state index contributed by atoms with van der Waals surface area (Å²) in [4.78, 5) is 11.5. The predicted molar refractivity (Wildman–Crippen MR) is 68.8 cm³/mol. The van der Waals surface area contributed by atoms with E-state index in [9.17, 15) is 18.0 Å². The maximum Gasteiger partial charge on any atom is 0.267 e. The molecule has 0 bridgehead atoms. The van der Waals surface area contributed by atoms with E-state index >= 15 is 0 Å². The number of dihydropyridines is 1. The van der Waals surface area contributed by atoms with Crippen LogP contribution in [-0.4, -0.2) is 38.3 Å². The summed E-state index contributed by atoms with van der Waals surface area (Å²) in [5.74, 6) is -0.734. The first-order chi connectivity index (χ1) is 9.58. The molecule has 1 atom stereocenters. The highest BCUT2D eigenvalue weighted by atomic mass is 19.3. The standard InChI is InChI=1S/C13H16F3N3O/c14-11(15)7-18-13(20)10-2-1-9(12(16)19-10)8-3-5-17-6-4-8/h1-3,11-12,17,19H,4-7H2,(H,18,20). The Labute approximate surface area is 114 Å². The molecule has 2 aliphatic heterocycles. The van der Waals surface area contributed by atoms with Crippen LogP contribution in [0.4, 0.5) is 13.2 Å². The maximum atomic E-state index is 14.0. The number of allylic oxidation sites excluding steroid dienone is 2. The van der Waals surface area contributed by atoms with Crippen LogP contribution in [0.2, 0.25) is 0 Å². The van der Waals surface area contributed by atoms with Crippen molar-refractivity contribution in [2.75, 3.05) is 19.6 Å². The molecule has 110 valence electrons. The van der Waals surface area contributed by atoms with E-state index in [1.165, 1.54) is 12.2 Å². The van der Waals surface area contributed by atoms with Crippen LogP contribution in [0.3, 0.4) is 0 Å². The lowest BCUT2D eigenvalue weighted by atomic mass is 9.97. The first-order valence-electron chi connectivity index (χ1n) is 6.37. The van der Waals surface area contributed by atoms with Crippen LogP contribution in [-0.2, 0) is 4.79 Å². The molecule has 4 nitrogen and oxygen atoms in total. The van der Waals surface area contributed by atoms with Gasteiger partial charge in [-0.2, -0.15) is 0 Å². The molecule has 0 fully saturated rings. The zero-order valence-corrected chi connectivity index (χ0v) is 10.8. The van der Waals surface area contributed by atoms with Gasteiger partial charge in [0, 0.05) is 12.1 Å². The molecule has 0 saturated heterocycles. The van der Waals surface area contributed by atoms with E-state index in [1.807, 2.05) is 11.4 Å². The number of rotatable bonds is 4. The van der Waals surface area contributed by atoms with Crippen LogP contribution >= 0.6 is 0 Å². The zero-order chi connectivity index (χ0) is 14.5. The third-order valence-electron chi connectivity index (χ3n) is 3.08. The summed E-state index contributed by atoms with van der Waals surface area (Å²) in [6, 6.07) is 0. The third-order valence-corrected chi connectivity index (χ3v) is 3.08. The maximum absolute atomic E-state index is 14.0. The molecule has 2 aliphatic rings. The Bertz CT molecular complexity index is 471. The Morgan fingerprint density at radius 3 is 2.85 bits per heavy atom. The molecule has 1 amide bonds. The molecule has 0 saturated carbocycles. The summed E-state index contributed by atoms with van der Waals surface area (Å²) in [7, 11) is 0. The Hall–Kier alpha value is -1.76. The highest BCUT2D eigenvalue weighted by Gasteiger charge is 2.24. The Morgan fingerprint density at radius 1 is 1.45 bits per heavy atom. The second-order valence-electron chi connectivity index (χ2n) is 4.49. The number of hydrogen-bond donors (Lipinski definition) is 3. The number of amides is 1. The molecular weight excluding hydrogens is 271 g/mol. The van der Waals surface area contributed by atoms with Crippen molar-refractivity contribution in [1.82, 2.24) is 16.0 Å². The third kappa shape index (κ3) is 3.63. The largest absolute Gasteiger partial charge is 0.348 e. The number of halogens is 3. The first-order valence-corrected chi connectivity index (χ1v) is 6.37. The molecular formula is C13H16F3N3O. The van der Waals surface area contributed by atoms with Gasteiger partial charge in [0.15, 0.2) is 6.30 Å².